The number of carbonyl (C=O) groups excluding carboxylic acids is 2. The number of nitrogens with zero attached hydrogens (tertiary/aromatic N) is 1. The van der Waals surface area contributed by atoms with E-state index in [2.05, 4.69) is 17.1 Å². The van der Waals surface area contributed by atoms with Crippen molar-refractivity contribution < 1.29 is 14.3 Å². The van der Waals surface area contributed by atoms with Crippen LogP contribution < -0.4 is 5.32 Å². The van der Waals surface area contributed by atoms with E-state index in [0.717, 1.165) is 53.0 Å². The van der Waals surface area contributed by atoms with E-state index >= 15 is 0 Å². The number of thiocarbonyl (C=S) groups is 1. The van der Waals surface area contributed by atoms with Crippen molar-refractivity contribution >= 4 is 45.9 Å². The number of hydrogen-bond acceptors (Lipinski definition) is 5. The summed E-state index contributed by atoms with van der Waals surface area (Å²) in [5.74, 6) is 0.0861. The number of esters is 1. The molecule has 1 aliphatic rings. The summed E-state index contributed by atoms with van der Waals surface area (Å²) in [6.07, 6.45) is 2.26. The lowest BCUT2D eigenvalue weighted by atomic mass is 10.00. The molecule has 1 heterocycles. The van der Waals surface area contributed by atoms with Crippen LogP contribution >= 0.6 is 24.0 Å². The number of benzene rings is 1. The molecule has 1 saturated heterocycles. The fraction of sp³-hybridized carbons (Fsp3) is 0.526. The molecule has 0 bridgehead atoms. The van der Waals surface area contributed by atoms with Gasteiger partial charge < -0.3 is 15.0 Å². The molecule has 0 radical (unpaired) electrons. The number of hydrogen-bond donors (Lipinski definition) is 1. The Balaban J connectivity index is 1.68. The van der Waals surface area contributed by atoms with Gasteiger partial charge in [0.1, 0.15) is 4.32 Å². The maximum atomic E-state index is 11.9. The molecule has 0 atom stereocenters. The van der Waals surface area contributed by atoms with Crippen LogP contribution in [0.2, 0.25) is 0 Å². The molecule has 0 unspecified atom stereocenters. The largest absolute Gasteiger partial charge is 0.455 e. The lowest BCUT2D eigenvalue weighted by Crippen LogP contribution is -2.36. The summed E-state index contributed by atoms with van der Waals surface area (Å²) in [6.45, 7) is 7.76. The molecule has 1 aromatic carbocycles. The van der Waals surface area contributed by atoms with Crippen molar-refractivity contribution in [1.82, 2.24) is 4.90 Å². The molecular formula is C19H26N2O3S2. The minimum atomic E-state index is -0.432. The van der Waals surface area contributed by atoms with Crippen LogP contribution in [0.15, 0.2) is 18.2 Å². The average molecular weight is 395 g/mol. The van der Waals surface area contributed by atoms with Gasteiger partial charge in [-0.05, 0) is 44.2 Å². The molecule has 0 aromatic heterocycles. The first-order valence-electron chi connectivity index (χ1n) is 8.79. The van der Waals surface area contributed by atoms with E-state index in [1.54, 1.807) is 0 Å². The first kappa shape index (κ1) is 20.7. The van der Waals surface area contributed by atoms with Crippen LogP contribution in [-0.2, 0) is 14.3 Å². The van der Waals surface area contributed by atoms with Crippen molar-refractivity contribution in [1.29, 1.82) is 0 Å². The number of anilines is 1. The second-order valence-electron chi connectivity index (χ2n) is 6.75. The summed E-state index contributed by atoms with van der Waals surface area (Å²) >= 11 is 6.68. The lowest BCUT2D eigenvalue weighted by molar-refractivity contribution is -0.144. The predicted octanol–water partition coefficient (Wildman–Crippen LogP) is 3.54. The van der Waals surface area contributed by atoms with E-state index in [1.807, 2.05) is 32.0 Å². The van der Waals surface area contributed by atoms with Gasteiger partial charge in [0.15, 0.2) is 6.61 Å². The van der Waals surface area contributed by atoms with E-state index in [0.29, 0.717) is 0 Å². The summed E-state index contributed by atoms with van der Waals surface area (Å²) in [5, 5.41) is 2.76. The zero-order valence-corrected chi connectivity index (χ0v) is 17.2. The highest BCUT2D eigenvalue weighted by Gasteiger charge is 2.19. The number of rotatable bonds is 5. The van der Waals surface area contributed by atoms with Gasteiger partial charge in [0.25, 0.3) is 5.91 Å². The molecule has 0 saturated carbocycles. The molecule has 26 heavy (non-hydrogen) atoms. The molecule has 0 spiro atoms. The van der Waals surface area contributed by atoms with E-state index in [-0.39, 0.29) is 18.3 Å². The van der Waals surface area contributed by atoms with E-state index in [4.69, 9.17) is 17.0 Å². The Labute approximate surface area is 164 Å². The molecule has 7 heteroatoms. The van der Waals surface area contributed by atoms with Crippen molar-refractivity contribution in [2.75, 3.05) is 30.8 Å². The van der Waals surface area contributed by atoms with Crippen LogP contribution in [0.1, 0.15) is 30.9 Å². The number of aryl methyl sites for hydroxylation is 2. The van der Waals surface area contributed by atoms with Gasteiger partial charge in [-0.25, -0.2) is 0 Å². The number of thioether (sulfide) groups is 1. The third-order valence-corrected chi connectivity index (χ3v) is 5.87. The van der Waals surface area contributed by atoms with Crippen LogP contribution in [0.5, 0.6) is 0 Å². The predicted molar refractivity (Wildman–Crippen MR) is 111 cm³/mol. The molecule has 1 amide bonds. The Morgan fingerprint density at radius 1 is 1.31 bits per heavy atom. The highest BCUT2D eigenvalue weighted by Crippen LogP contribution is 2.20. The number of likely N-dealkylation sites (tertiary alicyclic amines) is 1. The van der Waals surface area contributed by atoms with Crippen molar-refractivity contribution in [3.05, 3.63) is 29.3 Å². The van der Waals surface area contributed by atoms with Crippen molar-refractivity contribution in [2.24, 2.45) is 5.92 Å². The first-order valence-corrected chi connectivity index (χ1v) is 10.2. The van der Waals surface area contributed by atoms with Crippen molar-refractivity contribution in [3.8, 4) is 0 Å². The van der Waals surface area contributed by atoms with Crippen LogP contribution in [-0.4, -0.2) is 46.5 Å². The van der Waals surface area contributed by atoms with Crippen molar-refractivity contribution in [2.45, 2.75) is 33.6 Å². The number of carbonyl (C=O) groups is 2. The van der Waals surface area contributed by atoms with Gasteiger partial charge >= 0.3 is 5.97 Å². The van der Waals surface area contributed by atoms with E-state index in [9.17, 15) is 9.59 Å². The maximum Gasteiger partial charge on any atom is 0.316 e. The van der Waals surface area contributed by atoms with E-state index < -0.39 is 5.97 Å². The van der Waals surface area contributed by atoms with Gasteiger partial charge in [-0.15, -0.1) is 0 Å². The second-order valence-corrected chi connectivity index (χ2v) is 8.36. The summed E-state index contributed by atoms with van der Waals surface area (Å²) in [4.78, 5) is 25.9. The fourth-order valence-corrected chi connectivity index (χ4v) is 3.78. The number of amides is 1. The van der Waals surface area contributed by atoms with Crippen LogP contribution in [0.25, 0.3) is 0 Å². The molecule has 1 fully saturated rings. The van der Waals surface area contributed by atoms with Gasteiger partial charge in [-0.1, -0.05) is 48.6 Å². The smallest absolute Gasteiger partial charge is 0.316 e. The third-order valence-electron chi connectivity index (χ3n) is 4.38. The monoisotopic (exact) mass is 394 g/mol. The third kappa shape index (κ3) is 6.61. The molecule has 1 aromatic rings. The van der Waals surface area contributed by atoms with Gasteiger partial charge in [-0.3, -0.25) is 9.59 Å². The zero-order chi connectivity index (χ0) is 19.1. The first-order chi connectivity index (χ1) is 12.3. The number of nitrogens with one attached hydrogen (secondary N) is 1. The Morgan fingerprint density at radius 2 is 2.00 bits per heavy atom. The molecule has 5 nitrogen and oxygen atoms in total. The molecule has 0 aliphatic carbocycles. The average Bonchev–Trinajstić information content (AvgIpc) is 2.61. The van der Waals surface area contributed by atoms with Gasteiger partial charge in [-0.2, -0.15) is 0 Å². The highest BCUT2D eigenvalue weighted by atomic mass is 32.2. The summed E-state index contributed by atoms with van der Waals surface area (Å²) in [5.41, 5.74) is 2.83. The van der Waals surface area contributed by atoms with Crippen LogP contribution in [0.3, 0.4) is 0 Å². The topological polar surface area (TPSA) is 58.6 Å². The zero-order valence-electron chi connectivity index (χ0n) is 15.5. The van der Waals surface area contributed by atoms with E-state index in [1.165, 1.54) is 11.8 Å². The molecule has 1 N–H and O–H groups in total. The standard InChI is InChI=1S/C19H26N2O3S2/c1-13-6-8-21(9-7-13)19(25)26-12-18(23)24-11-17(22)20-16-5-4-14(2)10-15(16)3/h4-5,10,13H,6-9,11-12H2,1-3H3,(H,20,22). The lowest BCUT2D eigenvalue weighted by Gasteiger charge is -2.31. The molecule has 142 valence electrons. The maximum absolute atomic E-state index is 11.9. The Bertz CT molecular complexity index is 671. The molecular weight excluding hydrogens is 368 g/mol. The van der Waals surface area contributed by atoms with Crippen molar-refractivity contribution in [3.63, 3.8) is 0 Å². The van der Waals surface area contributed by atoms with Gasteiger partial charge in [0.05, 0.1) is 5.75 Å². The molecule has 1 aliphatic heterocycles. The van der Waals surface area contributed by atoms with Gasteiger partial charge in [0, 0.05) is 18.8 Å². The minimum absolute atomic E-state index is 0.127. The summed E-state index contributed by atoms with van der Waals surface area (Å²) in [7, 11) is 0. The number of ether oxygens (including phenoxy) is 1. The quantitative estimate of drug-likeness (QED) is 0.609. The van der Waals surface area contributed by atoms with Gasteiger partial charge in [0.2, 0.25) is 0 Å². The normalized spacial score (nSPS) is 14.8. The summed E-state index contributed by atoms with van der Waals surface area (Å²) < 4.78 is 5.77. The minimum Gasteiger partial charge on any atom is -0.455 e. The SMILES string of the molecule is Cc1ccc(NC(=O)COC(=O)CSC(=S)N2CCC(C)CC2)c(C)c1. The van der Waals surface area contributed by atoms with Crippen LogP contribution in [0, 0.1) is 19.8 Å². The summed E-state index contributed by atoms with van der Waals surface area (Å²) in [6, 6.07) is 5.76. The Kier molecular flexibility index (Phi) is 7.90. The Morgan fingerprint density at radius 3 is 2.65 bits per heavy atom. The number of piperidine rings is 1. The second kappa shape index (κ2) is 9.92. The molecule has 2 rings (SSSR count). The fourth-order valence-electron chi connectivity index (χ4n) is 2.73. The van der Waals surface area contributed by atoms with Crippen LogP contribution in [0.4, 0.5) is 5.69 Å². The highest BCUT2D eigenvalue weighted by molar-refractivity contribution is 8.23. The Hall–Kier alpha value is -1.60.